The van der Waals surface area contributed by atoms with Crippen molar-refractivity contribution in [2.45, 2.75) is 6.92 Å². The largest absolute Gasteiger partial charge is 0.463 e. The van der Waals surface area contributed by atoms with Gasteiger partial charge in [0.2, 0.25) is 5.95 Å². The van der Waals surface area contributed by atoms with Gasteiger partial charge in [0, 0.05) is 12.3 Å². The van der Waals surface area contributed by atoms with Gasteiger partial charge in [-0.25, -0.2) is 9.78 Å². The summed E-state index contributed by atoms with van der Waals surface area (Å²) >= 11 is 5.50. The molecule has 1 aromatic heterocycles. The predicted octanol–water partition coefficient (Wildman–Crippen LogP) is 2.45. The maximum atomic E-state index is 12.7. The Labute approximate surface area is 91.5 Å². The van der Waals surface area contributed by atoms with E-state index in [0.29, 0.717) is 12.2 Å². The van der Waals surface area contributed by atoms with Crippen LogP contribution in [-0.2, 0) is 9.53 Å². The van der Waals surface area contributed by atoms with E-state index in [4.69, 9.17) is 11.6 Å². The molecule has 0 unspecified atom stereocenters. The third-order valence-corrected chi connectivity index (χ3v) is 1.78. The summed E-state index contributed by atoms with van der Waals surface area (Å²) in [5.41, 5.74) is 0.537. The quantitative estimate of drug-likeness (QED) is 0.454. The van der Waals surface area contributed by atoms with Gasteiger partial charge in [-0.2, -0.15) is 4.39 Å². The number of nitrogens with zero attached hydrogens (tertiary/aromatic N) is 1. The van der Waals surface area contributed by atoms with Gasteiger partial charge in [0.25, 0.3) is 0 Å². The van der Waals surface area contributed by atoms with Crippen molar-refractivity contribution in [3.8, 4) is 0 Å². The van der Waals surface area contributed by atoms with Gasteiger partial charge in [0.15, 0.2) is 0 Å². The lowest BCUT2D eigenvalue weighted by molar-refractivity contribution is -0.137. The van der Waals surface area contributed by atoms with Crippen LogP contribution in [0.1, 0.15) is 12.5 Å². The van der Waals surface area contributed by atoms with Crippen LogP contribution in [-0.4, -0.2) is 17.6 Å². The van der Waals surface area contributed by atoms with Crippen LogP contribution in [0.25, 0.3) is 6.08 Å². The summed E-state index contributed by atoms with van der Waals surface area (Å²) in [4.78, 5) is 14.3. The summed E-state index contributed by atoms with van der Waals surface area (Å²) in [5, 5.41) is -0.0824. The molecule has 1 heterocycles. The molecule has 0 fully saturated rings. The van der Waals surface area contributed by atoms with Crippen LogP contribution in [0.4, 0.5) is 4.39 Å². The summed E-state index contributed by atoms with van der Waals surface area (Å²) < 4.78 is 17.3. The Morgan fingerprint density at radius 1 is 1.73 bits per heavy atom. The van der Waals surface area contributed by atoms with E-state index in [1.807, 2.05) is 0 Å². The number of hydrogen-bond acceptors (Lipinski definition) is 3. The van der Waals surface area contributed by atoms with Crippen LogP contribution in [0.2, 0.25) is 5.02 Å². The number of aromatic nitrogens is 1. The van der Waals surface area contributed by atoms with Crippen LogP contribution in [0, 0.1) is 5.95 Å². The van der Waals surface area contributed by atoms with E-state index in [-0.39, 0.29) is 5.02 Å². The maximum Gasteiger partial charge on any atom is 0.330 e. The molecule has 0 radical (unpaired) electrons. The van der Waals surface area contributed by atoms with Crippen molar-refractivity contribution < 1.29 is 13.9 Å². The fourth-order valence-corrected chi connectivity index (χ4v) is 1.06. The fourth-order valence-electron chi connectivity index (χ4n) is 0.882. The molecular formula is C10H9ClFNO2. The highest BCUT2D eigenvalue weighted by molar-refractivity contribution is 6.30. The number of rotatable bonds is 3. The molecule has 0 N–H and O–H groups in total. The van der Waals surface area contributed by atoms with E-state index in [1.54, 1.807) is 6.92 Å². The second kappa shape index (κ2) is 5.46. The van der Waals surface area contributed by atoms with Gasteiger partial charge in [-0.05, 0) is 24.6 Å². The summed E-state index contributed by atoms with van der Waals surface area (Å²) in [6.07, 6.45) is 3.96. The Hall–Kier alpha value is -1.42. The Kier molecular flexibility index (Phi) is 4.24. The minimum absolute atomic E-state index is 0.0824. The van der Waals surface area contributed by atoms with Gasteiger partial charge < -0.3 is 4.74 Å². The zero-order valence-electron chi connectivity index (χ0n) is 8.04. The molecule has 3 nitrogen and oxygen atoms in total. The lowest BCUT2D eigenvalue weighted by Crippen LogP contribution is -1.98. The van der Waals surface area contributed by atoms with Gasteiger partial charge in [0.1, 0.15) is 0 Å². The third kappa shape index (κ3) is 3.67. The molecule has 0 saturated heterocycles. The van der Waals surface area contributed by atoms with Crippen molar-refractivity contribution in [3.05, 3.63) is 34.9 Å². The molecule has 0 aliphatic rings. The molecule has 0 spiro atoms. The molecule has 0 saturated carbocycles. The van der Waals surface area contributed by atoms with Crippen molar-refractivity contribution >= 4 is 23.6 Å². The summed E-state index contributed by atoms with van der Waals surface area (Å²) in [5.74, 6) is -1.19. The van der Waals surface area contributed by atoms with Gasteiger partial charge in [-0.15, -0.1) is 0 Å². The molecule has 0 aliphatic heterocycles. The third-order valence-electron chi connectivity index (χ3n) is 1.52. The number of ether oxygens (including phenoxy) is 1. The van der Waals surface area contributed by atoms with E-state index in [2.05, 4.69) is 9.72 Å². The van der Waals surface area contributed by atoms with Gasteiger partial charge in [0.05, 0.1) is 11.6 Å². The molecule has 5 heteroatoms. The van der Waals surface area contributed by atoms with E-state index < -0.39 is 11.9 Å². The summed E-state index contributed by atoms with van der Waals surface area (Å²) in [6.45, 7) is 2.02. The average Bonchev–Trinajstić information content (AvgIpc) is 2.20. The monoisotopic (exact) mass is 229 g/mol. The van der Waals surface area contributed by atoms with Crippen molar-refractivity contribution in [2.24, 2.45) is 0 Å². The Balaban J connectivity index is 2.72. The van der Waals surface area contributed by atoms with Gasteiger partial charge in [-0.3, -0.25) is 0 Å². The number of carbonyl (C=O) groups is 1. The van der Waals surface area contributed by atoms with E-state index >= 15 is 0 Å². The minimum atomic E-state index is -0.732. The average molecular weight is 230 g/mol. The SMILES string of the molecule is CCOC(=O)C=Cc1cnc(F)c(Cl)c1. The molecular weight excluding hydrogens is 221 g/mol. The molecule has 1 rings (SSSR count). The van der Waals surface area contributed by atoms with Gasteiger partial charge >= 0.3 is 5.97 Å². The van der Waals surface area contributed by atoms with E-state index in [1.165, 1.54) is 24.4 Å². The number of halogens is 2. The second-order valence-electron chi connectivity index (χ2n) is 2.63. The first-order valence-corrected chi connectivity index (χ1v) is 4.67. The highest BCUT2D eigenvalue weighted by atomic mass is 35.5. The fraction of sp³-hybridized carbons (Fsp3) is 0.200. The maximum absolute atomic E-state index is 12.7. The van der Waals surface area contributed by atoms with Crippen molar-refractivity contribution in [1.29, 1.82) is 0 Å². The molecule has 0 bridgehead atoms. The molecule has 80 valence electrons. The Morgan fingerprint density at radius 2 is 2.47 bits per heavy atom. The predicted molar refractivity (Wildman–Crippen MR) is 54.9 cm³/mol. The molecule has 1 aromatic rings. The molecule has 15 heavy (non-hydrogen) atoms. The van der Waals surface area contributed by atoms with Crippen LogP contribution < -0.4 is 0 Å². The Bertz CT molecular complexity index is 393. The van der Waals surface area contributed by atoms with Crippen LogP contribution in [0.5, 0.6) is 0 Å². The van der Waals surface area contributed by atoms with Crippen LogP contribution >= 0.6 is 11.6 Å². The lowest BCUT2D eigenvalue weighted by Gasteiger charge is -1.96. The van der Waals surface area contributed by atoms with Crippen molar-refractivity contribution in [2.75, 3.05) is 6.61 Å². The highest BCUT2D eigenvalue weighted by Gasteiger charge is 2.00. The van der Waals surface area contributed by atoms with Crippen molar-refractivity contribution in [1.82, 2.24) is 4.98 Å². The summed E-state index contributed by atoms with van der Waals surface area (Å²) in [6, 6.07) is 1.37. The topological polar surface area (TPSA) is 39.2 Å². The molecule has 0 aliphatic carbocycles. The summed E-state index contributed by atoms with van der Waals surface area (Å²) in [7, 11) is 0. The van der Waals surface area contributed by atoms with E-state index in [9.17, 15) is 9.18 Å². The molecule has 0 atom stereocenters. The normalized spacial score (nSPS) is 10.6. The first kappa shape index (κ1) is 11.7. The van der Waals surface area contributed by atoms with Crippen LogP contribution in [0.3, 0.4) is 0 Å². The zero-order chi connectivity index (χ0) is 11.3. The van der Waals surface area contributed by atoms with Crippen LogP contribution in [0.15, 0.2) is 18.3 Å². The number of hydrogen-bond donors (Lipinski definition) is 0. The highest BCUT2D eigenvalue weighted by Crippen LogP contribution is 2.14. The van der Waals surface area contributed by atoms with E-state index in [0.717, 1.165) is 0 Å². The number of carbonyl (C=O) groups excluding carboxylic acids is 1. The minimum Gasteiger partial charge on any atom is -0.463 e. The second-order valence-corrected chi connectivity index (χ2v) is 3.03. The first-order valence-electron chi connectivity index (χ1n) is 4.29. The molecule has 0 amide bonds. The van der Waals surface area contributed by atoms with Crippen molar-refractivity contribution in [3.63, 3.8) is 0 Å². The lowest BCUT2D eigenvalue weighted by atomic mass is 10.2. The van der Waals surface area contributed by atoms with Gasteiger partial charge in [-0.1, -0.05) is 11.6 Å². The smallest absolute Gasteiger partial charge is 0.330 e. The number of esters is 1. The Morgan fingerprint density at radius 3 is 3.07 bits per heavy atom. The molecule has 0 aromatic carbocycles. The first-order chi connectivity index (χ1) is 7.13. The standard InChI is InChI=1S/C10H9ClFNO2/c1-2-15-9(14)4-3-7-5-8(11)10(12)13-6-7/h3-6H,2H2,1H3. The number of pyridine rings is 1. The zero-order valence-corrected chi connectivity index (χ0v) is 8.79.